The number of rotatable bonds is 3. The molecule has 0 aromatic heterocycles. The Hall–Kier alpha value is -1.96. The van der Waals surface area contributed by atoms with Gasteiger partial charge in [-0.2, -0.15) is 10.2 Å². The molecule has 1 heterocycles. The second-order valence-electron chi connectivity index (χ2n) is 8.26. The van der Waals surface area contributed by atoms with Crippen LogP contribution in [0.5, 0.6) is 0 Å². The first-order valence-corrected chi connectivity index (χ1v) is 9.15. The molecule has 0 unspecified atom stereocenters. The van der Waals surface area contributed by atoms with Gasteiger partial charge < -0.3 is 0 Å². The van der Waals surface area contributed by atoms with Crippen LogP contribution in [0.1, 0.15) is 37.8 Å². The van der Waals surface area contributed by atoms with Crippen molar-refractivity contribution in [2.24, 2.45) is 27.5 Å². The van der Waals surface area contributed by atoms with Crippen molar-refractivity contribution in [1.82, 2.24) is 0 Å². The Morgan fingerprint density at radius 1 is 0.833 bits per heavy atom. The van der Waals surface area contributed by atoms with E-state index in [0.29, 0.717) is 11.8 Å². The molecule has 24 heavy (non-hydrogen) atoms. The third-order valence-electron chi connectivity index (χ3n) is 7.52. The Labute approximate surface area is 144 Å². The third kappa shape index (κ3) is 1.44. The maximum Gasteiger partial charge on any atom is 0.118 e. The zero-order valence-corrected chi connectivity index (χ0v) is 14.4. The molecule has 0 N–H and O–H groups in total. The van der Waals surface area contributed by atoms with Gasteiger partial charge in [-0.15, -0.1) is 0 Å². The van der Waals surface area contributed by atoms with Gasteiger partial charge in [0.05, 0.1) is 5.54 Å². The minimum absolute atomic E-state index is 0.0363. The summed E-state index contributed by atoms with van der Waals surface area (Å²) in [5, 5.41) is 9.98. The van der Waals surface area contributed by atoms with Crippen molar-refractivity contribution in [3.63, 3.8) is 0 Å². The molecule has 3 aliphatic rings. The van der Waals surface area contributed by atoms with E-state index in [-0.39, 0.29) is 16.5 Å². The minimum atomic E-state index is -0.151. The van der Waals surface area contributed by atoms with Crippen LogP contribution in [-0.2, 0) is 12.0 Å². The molecular weight excluding hydrogens is 292 g/mol. The molecule has 0 spiro atoms. The summed E-state index contributed by atoms with van der Waals surface area (Å²) in [7, 11) is 0. The molecule has 2 heteroatoms. The predicted octanol–water partition coefficient (Wildman–Crippen LogP) is 5.40. The quantitative estimate of drug-likeness (QED) is 0.725. The Morgan fingerprint density at radius 3 is 2.08 bits per heavy atom. The highest BCUT2D eigenvalue weighted by Crippen LogP contribution is 2.76. The van der Waals surface area contributed by atoms with Crippen LogP contribution in [0.25, 0.3) is 0 Å². The molecule has 0 saturated heterocycles. The molecule has 5 atom stereocenters. The monoisotopic (exact) mass is 316 g/mol. The van der Waals surface area contributed by atoms with Crippen molar-refractivity contribution in [1.29, 1.82) is 0 Å². The molecule has 2 bridgehead atoms. The summed E-state index contributed by atoms with van der Waals surface area (Å²) in [6.45, 7) is 4.82. The summed E-state index contributed by atoms with van der Waals surface area (Å²) in [4.78, 5) is 0. The first-order chi connectivity index (χ1) is 11.6. The van der Waals surface area contributed by atoms with Gasteiger partial charge in [0.2, 0.25) is 0 Å². The SMILES string of the molecule is C[C@@]1(Cc2ccccc2)[C@@]2(C)N=N[C@@]1(c1ccccc1)[C@H]1CC[C@H]12. The van der Waals surface area contributed by atoms with Crippen LogP contribution in [0.15, 0.2) is 70.9 Å². The Kier molecular flexibility index (Phi) is 2.73. The smallest absolute Gasteiger partial charge is 0.118 e. The van der Waals surface area contributed by atoms with Gasteiger partial charge in [0.1, 0.15) is 5.54 Å². The summed E-state index contributed by atoms with van der Waals surface area (Å²) >= 11 is 0. The zero-order chi connectivity index (χ0) is 16.4. The number of hydrogen-bond donors (Lipinski definition) is 0. The van der Waals surface area contributed by atoms with E-state index >= 15 is 0 Å². The topological polar surface area (TPSA) is 24.7 Å². The van der Waals surface area contributed by atoms with E-state index in [9.17, 15) is 0 Å². The van der Waals surface area contributed by atoms with E-state index in [1.165, 1.54) is 24.0 Å². The standard InChI is InChI=1S/C22H24N2/c1-20(15-16-9-5-3-6-10-16)21(2)18-13-14-19(18)22(20,24-23-21)17-11-7-4-8-12-17/h3-12,18-19H,13-15H2,1-2H3/t18-,19+,20-,21+,22+/m1/s1. The van der Waals surface area contributed by atoms with Crippen LogP contribution in [0, 0.1) is 17.3 Å². The molecule has 2 aliphatic carbocycles. The van der Waals surface area contributed by atoms with Gasteiger partial charge in [0, 0.05) is 5.41 Å². The van der Waals surface area contributed by atoms with Gasteiger partial charge in [-0.25, -0.2) is 0 Å². The normalized spacial score (nSPS) is 41.9. The summed E-state index contributed by atoms with van der Waals surface area (Å²) < 4.78 is 0. The van der Waals surface area contributed by atoms with Crippen molar-refractivity contribution in [2.45, 2.75) is 44.2 Å². The fourth-order valence-corrected chi connectivity index (χ4v) is 6.03. The van der Waals surface area contributed by atoms with E-state index in [1.54, 1.807) is 0 Å². The van der Waals surface area contributed by atoms with Crippen molar-refractivity contribution in [2.75, 3.05) is 0 Å². The van der Waals surface area contributed by atoms with E-state index in [2.05, 4.69) is 74.5 Å². The minimum Gasteiger partial charge on any atom is -0.186 e. The van der Waals surface area contributed by atoms with E-state index in [4.69, 9.17) is 10.2 Å². The lowest BCUT2D eigenvalue weighted by Crippen LogP contribution is -2.47. The van der Waals surface area contributed by atoms with Gasteiger partial charge >= 0.3 is 0 Å². The number of benzene rings is 2. The molecule has 2 saturated carbocycles. The summed E-state index contributed by atoms with van der Waals surface area (Å²) in [6, 6.07) is 21.9. The summed E-state index contributed by atoms with van der Waals surface area (Å²) in [5.74, 6) is 1.33. The average molecular weight is 316 g/mol. The summed E-state index contributed by atoms with van der Waals surface area (Å²) in [5.41, 5.74) is 2.61. The van der Waals surface area contributed by atoms with Crippen LogP contribution in [0.3, 0.4) is 0 Å². The average Bonchev–Trinajstić information content (AvgIpc) is 2.83. The number of nitrogens with zero attached hydrogens (tertiary/aromatic N) is 2. The first-order valence-electron chi connectivity index (χ1n) is 9.15. The highest BCUT2D eigenvalue weighted by Gasteiger charge is 2.78. The van der Waals surface area contributed by atoms with E-state index in [0.717, 1.165) is 6.42 Å². The van der Waals surface area contributed by atoms with Gasteiger partial charge in [0.25, 0.3) is 0 Å². The van der Waals surface area contributed by atoms with E-state index < -0.39 is 0 Å². The first kappa shape index (κ1) is 14.4. The lowest BCUT2D eigenvalue weighted by molar-refractivity contribution is 0.0898. The lowest BCUT2D eigenvalue weighted by atomic mass is 9.60. The molecule has 2 aromatic rings. The Bertz CT molecular complexity index is 799. The van der Waals surface area contributed by atoms with Crippen LogP contribution in [0.2, 0.25) is 0 Å². The van der Waals surface area contributed by atoms with Gasteiger partial charge in [-0.05, 0) is 49.1 Å². The molecule has 2 fully saturated rings. The summed E-state index contributed by atoms with van der Waals surface area (Å²) in [6.07, 6.45) is 3.64. The zero-order valence-electron chi connectivity index (χ0n) is 14.4. The van der Waals surface area contributed by atoms with Crippen molar-refractivity contribution in [3.05, 3.63) is 71.8 Å². The molecule has 0 radical (unpaired) electrons. The van der Waals surface area contributed by atoms with Gasteiger partial charge in [0.15, 0.2) is 0 Å². The number of fused-ring (bicyclic) bond motifs is 5. The number of azo groups is 1. The second kappa shape index (κ2) is 4.56. The molecule has 2 aromatic carbocycles. The molecule has 1 aliphatic heterocycles. The van der Waals surface area contributed by atoms with Crippen molar-refractivity contribution in [3.8, 4) is 0 Å². The third-order valence-corrected chi connectivity index (χ3v) is 7.52. The molecule has 5 rings (SSSR count). The van der Waals surface area contributed by atoms with Crippen molar-refractivity contribution >= 4 is 0 Å². The molecule has 0 amide bonds. The van der Waals surface area contributed by atoms with Crippen LogP contribution >= 0.6 is 0 Å². The maximum absolute atomic E-state index is 5.03. The van der Waals surface area contributed by atoms with Gasteiger partial charge in [-0.3, -0.25) is 0 Å². The fourth-order valence-electron chi connectivity index (χ4n) is 6.03. The Balaban J connectivity index is 1.70. The highest BCUT2D eigenvalue weighted by molar-refractivity contribution is 5.42. The van der Waals surface area contributed by atoms with E-state index in [1.807, 2.05) is 0 Å². The highest BCUT2D eigenvalue weighted by atomic mass is 15.3. The Morgan fingerprint density at radius 2 is 1.46 bits per heavy atom. The van der Waals surface area contributed by atoms with Gasteiger partial charge in [-0.1, -0.05) is 67.6 Å². The predicted molar refractivity (Wildman–Crippen MR) is 95.8 cm³/mol. The second-order valence-corrected chi connectivity index (χ2v) is 8.26. The van der Waals surface area contributed by atoms with Crippen LogP contribution in [0.4, 0.5) is 0 Å². The molecule has 122 valence electrons. The molecular formula is C22H24N2. The largest absolute Gasteiger partial charge is 0.186 e. The lowest BCUT2D eigenvalue weighted by Gasteiger charge is -2.45. The fraction of sp³-hybridized carbons (Fsp3) is 0.455. The maximum atomic E-state index is 5.03. The van der Waals surface area contributed by atoms with Crippen LogP contribution in [-0.4, -0.2) is 5.54 Å². The van der Waals surface area contributed by atoms with Crippen molar-refractivity contribution < 1.29 is 0 Å². The molecule has 2 nitrogen and oxygen atoms in total. The number of hydrogen-bond acceptors (Lipinski definition) is 2. The van der Waals surface area contributed by atoms with Crippen LogP contribution < -0.4 is 0 Å².